The molecule has 9 atom stereocenters. The molecule has 0 heterocycles. The van der Waals surface area contributed by atoms with Crippen molar-refractivity contribution in [1.29, 1.82) is 0 Å². The Kier molecular flexibility index (Phi) is 8.12. The molecule has 1 aromatic rings. The third-order valence-electron chi connectivity index (χ3n) is 12.0. The Labute approximate surface area is 232 Å². The zero-order valence-electron chi connectivity index (χ0n) is 24.7. The van der Waals surface area contributed by atoms with Crippen LogP contribution in [-0.2, 0) is 4.79 Å². The van der Waals surface area contributed by atoms with Crippen LogP contribution < -0.4 is 0 Å². The fraction of sp³-hybridized carbons (Fsp3) is 0.694. The molecule has 1 aromatic carbocycles. The summed E-state index contributed by atoms with van der Waals surface area (Å²) < 4.78 is 0. The maximum atomic E-state index is 13.8. The fourth-order valence-electron chi connectivity index (χ4n) is 10.0. The molecule has 1 unspecified atom stereocenters. The molecule has 4 aliphatic rings. The molecule has 2 nitrogen and oxygen atoms in total. The van der Waals surface area contributed by atoms with Crippen molar-refractivity contribution in [3.63, 3.8) is 0 Å². The summed E-state index contributed by atoms with van der Waals surface area (Å²) in [5.74, 6) is 4.56. The molecule has 3 saturated carbocycles. The molecular formula is C36H52O2. The highest BCUT2D eigenvalue weighted by atomic mass is 16.3. The Balaban J connectivity index is 1.37. The molecule has 0 bridgehead atoms. The third-order valence-corrected chi connectivity index (χ3v) is 12.0. The highest BCUT2D eigenvalue weighted by molar-refractivity contribution is 5.96. The number of aliphatic hydroxyl groups excluding tert-OH is 1. The molecule has 3 fully saturated rings. The summed E-state index contributed by atoms with van der Waals surface area (Å²) in [6, 6.07) is 10.1. The van der Waals surface area contributed by atoms with Crippen LogP contribution in [0.25, 0.3) is 6.08 Å². The maximum absolute atomic E-state index is 13.8. The van der Waals surface area contributed by atoms with E-state index in [0.717, 1.165) is 42.1 Å². The Hall–Kier alpha value is -1.67. The summed E-state index contributed by atoms with van der Waals surface area (Å²) in [6.45, 7) is 12.3. The largest absolute Gasteiger partial charge is 0.393 e. The van der Waals surface area contributed by atoms with E-state index in [1.807, 2.05) is 42.5 Å². The van der Waals surface area contributed by atoms with Gasteiger partial charge in [-0.1, -0.05) is 102 Å². The molecule has 0 amide bonds. The van der Waals surface area contributed by atoms with Gasteiger partial charge in [-0.2, -0.15) is 0 Å². The van der Waals surface area contributed by atoms with Gasteiger partial charge in [-0.25, -0.2) is 0 Å². The van der Waals surface area contributed by atoms with Gasteiger partial charge in [0.15, 0.2) is 5.78 Å². The van der Waals surface area contributed by atoms with Crippen LogP contribution in [-0.4, -0.2) is 17.0 Å². The minimum Gasteiger partial charge on any atom is -0.393 e. The van der Waals surface area contributed by atoms with E-state index in [1.54, 1.807) is 0 Å². The molecule has 1 N–H and O–H groups in total. The normalized spacial score (nSPS) is 39.4. The van der Waals surface area contributed by atoms with Crippen molar-refractivity contribution in [2.75, 3.05) is 0 Å². The van der Waals surface area contributed by atoms with Gasteiger partial charge in [-0.3, -0.25) is 4.79 Å². The van der Waals surface area contributed by atoms with Crippen molar-refractivity contribution in [2.24, 2.45) is 52.3 Å². The lowest BCUT2D eigenvalue weighted by atomic mass is 9.44. The number of hydrogen-bond donors (Lipinski definition) is 1. The quantitative estimate of drug-likeness (QED) is 0.277. The molecule has 0 saturated heterocycles. The van der Waals surface area contributed by atoms with Gasteiger partial charge >= 0.3 is 0 Å². The van der Waals surface area contributed by atoms with Gasteiger partial charge in [-0.05, 0) is 97.5 Å². The molecule has 208 valence electrons. The zero-order chi connectivity index (χ0) is 27.1. The maximum Gasteiger partial charge on any atom is 0.159 e. The van der Waals surface area contributed by atoms with Gasteiger partial charge in [0.25, 0.3) is 0 Å². The fourth-order valence-corrected chi connectivity index (χ4v) is 10.0. The van der Waals surface area contributed by atoms with E-state index in [2.05, 4.69) is 40.7 Å². The molecule has 5 rings (SSSR count). The summed E-state index contributed by atoms with van der Waals surface area (Å²) in [5, 5.41) is 10.8. The second-order valence-electron chi connectivity index (χ2n) is 14.4. The smallest absolute Gasteiger partial charge is 0.159 e. The lowest BCUT2D eigenvalue weighted by Crippen LogP contribution is -2.55. The van der Waals surface area contributed by atoms with Crippen molar-refractivity contribution in [3.05, 3.63) is 53.6 Å². The van der Waals surface area contributed by atoms with Crippen LogP contribution in [0.3, 0.4) is 0 Å². The third kappa shape index (κ3) is 5.00. The summed E-state index contributed by atoms with van der Waals surface area (Å²) in [7, 11) is 0. The second-order valence-corrected chi connectivity index (χ2v) is 14.4. The van der Waals surface area contributed by atoms with Crippen LogP contribution in [0.15, 0.2) is 48.1 Å². The van der Waals surface area contributed by atoms with Crippen LogP contribution in [0.5, 0.6) is 0 Å². The Morgan fingerprint density at radius 1 is 1.05 bits per heavy atom. The molecule has 0 spiro atoms. The molecule has 38 heavy (non-hydrogen) atoms. The number of aliphatic hydroxyl groups is 1. The minimum absolute atomic E-state index is 0.122. The Bertz CT molecular complexity index is 1040. The highest BCUT2D eigenvalue weighted by Gasteiger charge is 2.61. The molecule has 0 radical (unpaired) electrons. The predicted molar refractivity (Wildman–Crippen MR) is 158 cm³/mol. The Morgan fingerprint density at radius 3 is 2.55 bits per heavy atom. The number of hydrogen-bond acceptors (Lipinski definition) is 2. The predicted octanol–water partition coefficient (Wildman–Crippen LogP) is 8.90. The molecule has 0 aliphatic heterocycles. The monoisotopic (exact) mass is 516 g/mol. The van der Waals surface area contributed by atoms with E-state index in [0.29, 0.717) is 23.7 Å². The molecular weight excluding hydrogens is 464 g/mol. The van der Waals surface area contributed by atoms with Crippen molar-refractivity contribution in [2.45, 2.75) is 105 Å². The average molecular weight is 517 g/mol. The van der Waals surface area contributed by atoms with Crippen LogP contribution in [0.2, 0.25) is 0 Å². The summed E-state index contributed by atoms with van der Waals surface area (Å²) in [5.41, 5.74) is 2.76. The standard InChI is InChI=1S/C36H52O2/c1-24(2)10-9-11-25(3)30-17-18-31-29-16-15-27-22-28(37)23-33(34(38)19-14-26-12-7-6-8-13-26)36(27,5)32(29)20-21-35(30,31)4/h6-8,12-15,19,24-25,28-33,37H,9-11,16-18,20-23H2,1-5H3/t25-,28-,29+,30-,31+,32+,33?,35-,36+/m1/s1. The van der Waals surface area contributed by atoms with Crippen LogP contribution >= 0.6 is 0 Å². The number of rotatable bonds is 8. The summed E-state index contributed by atoms with van der Waals surface area (Å²) >= 11 is 0. The first-order valence-corrected chi connectivity index (χ1v) is 15.8. The van der Waals surface area contributed by atoms with Crippen LogP contribution in [0, 0.1) is 52.3 Å². The average Bonchev–Trinajstić information content (AvgIpc) is 3.25. The first kappa shape index (κ1) is 27.9. The van der Waals surface area contributed by atoms with Gasteiger partial charge in [-0.15, -0.1) is 0 Å². The van der Waals surface area contributed by atoms with E-state index >= 15 is 0 Å². The topological polar surface area (TPSA) is 37.3 Å². The van der Waals surface area contributed by atoms with Crippen molar-refractivity contribution in [3.8, 4) is 0 Å². The second kappa shape index (κ2) is 11.1. The van der Waals surface area contributed by atoms with Crippen LogP contribution in [0.1, 0.15) is 104 Å². The van der Waals surface area contributed by atoms with Gasteiger partial charge in [0.05, 0.1) is 6.10 Å². The molecule has 4 aliphatic carbocycles. The first-order valence-electron chi connectivity index (χ1n) is 15.8. The Morgan fingerprint density at radius 2 is 1.82 bits per heavy atom. The van der Waals surface area contributed by atoms with Gasteiger partial charge in [0, 0.05) is 11.3 Å². The molecule has 2 heteroatoms. The number of ketones is 1. The van der Waals surface area contributed by atoms with E-state index in [-0.39, 0.29) is 17.1 Å². The lowest BCUT2D eigenvalue weighted by Gasteiger charge is -2.60. The van der Waals surface area contributed by atoms with Gasteiger partial charge in [0.2, 0.25) is 0 Å². The van der Waals surface area contributed by atoms with Gasteiger partial charge in [0.1, 0.15) is 0 Å². The number of carbonyl (C=O) groups is 1. The van der Waals surface area contributed by atoms with Crippen molar-refractivity contribution in [1.82, 2.24) is 0 Å². The van der Waals surface area contributed by atoms with E-state index < -0.39 is 6.10 Å². The SMILES string of the molecule is CC(C)CCC[C@@H](C)[C@H]1CC[C@H]2[C@@H]3CC=C4C[C@@H](O)CC(C(=O)C=Cc5ccccc5)[C@]4(C)[C@H]3CC[C@]12C. The van der Waals surface area contributed by atoms with Gasteiger partial charge < -0.3 is 5.11 Å². The minimum atomic E-state index is -0.402. The van der Waals surface area contributed by atoms with E-state index in [1.165, 1.54) is 50.5 Å². The van der Waals surface area contributed by atoms with Crippen LogP contribution in [0.4, 0.5) is 0 Å². The number of allylic oxidation sites excluding steroid dienone is 2. The molecule has 0 aromatic heterocycles. The van der Waals surface area contributed by atoms with E-state index in [9.17, 15) is 9.90 Å². The summed E-state index contributed by atoms with van der Waals surface area (Å²) in [6.07, 6.45) is 17.8. The lowest BCUT2D eigenvalue weighted by molar-refractivity contribution is -0.131. The summed E-state index contributed by atoms with van der Waals surface area (Å²) in [4.78, 5) is 13.8. The first-order chi connectivity index (χ1) is 18.1. The number of carbonyl (C=O) groups excluding carboxylic acids is 1. The van der Waals surface area contributed by atoms with E-state index in [4.69, 9.17) is 0 Å². The van der Waals surface area contributed by atoms with Crippen molar-refractivity contribution < 1.29 is 9.90 Å². The number of fused-ring (bicyclic) bond motifs is 5. The van der Waals surface area contributed by atoms with Crippen molar-refractivity contribution >= 4 is 11.9 Å². The highest BCUT2D eigenvalue weighted by Crippen LogP contribution is 2.68. The number of benzene rings is 1. The zero-order valence-corrected chi connectivity index (χ0v) is 24.7.